The highest BCUT2D eigenvalue weighted by Crippen LogP contribution is 1.98. The van der Waals surface area contributed by atoms with Crippen LogP contribution in [0, 0.1) is 0 Å². The first-order valence-electron chi connectivity index (χ1n) is 3.70. The van der Waals surface area contributed by atoms with Gasteiger partial charge in [-0.15, -0.1) is 0 Å². The standard InChI is InChI=1S/C7H12O5/c1-2-11-6(8)4-3-5-7(9)12-10/h10H,2-5H2,1H3. The maximum Gasteiger partial charge on any atom is 0.342 e. The maximum atomic E-state index is 10.7. The van der Waals surface area contributed by atoms with E-state index < -0.39 is 5.97 Å². The van der Waals surface area contributed by atoms with Crippen molar-refractivity contribution >= 4 is 11.9 Å². The minimum absolute atomic E-state index is 0.0231. The predicted octanol–water partition coefficient (Wildman–Crippen LogP) is 0.736. The monoisotopic (exact) mass is 176 g/mol. The Hall–Kier alpha value is -1.10. The predicted molar refractivity (Wildman–Crippen MR) is 39.2 cm³/mol. The van der Waals surface area contributed by atoms with E-state index in [0.717, 1.165) is 0 Å². The van der Waals surface area contributed by atoms with E-state index in [9.17, 15) is 9.59 Å². The van der Waals surface area contributed by atoms with Gasteiger partial charge in [-0.25, -0.2) is 4.79 Å². The van der Waals surface area contributed by atoms with Gasteiger partial charge in [0.2, 0.25) is 0 Å². The van der Waals surface area contributed by atoms with Crippen molar-refractivity contribution in [2.75, 3.05) is 6.61 Å². The zero-order valence-corrected chi connectivity index (χ0v) is 6.91. The average Bonchev–Trinajstić information content (AvgIpc) is 2.04. The summed E-state index contributed by atoms with van der Waals surface area (Å²) < 4.78 is 4.60. The van der Waals surface area contributed by atoms with Crippen LogP contribution in [0.3, 0.4) is 0 Å². The fourth-order valence-corrected chi connectivity index (χ4v) is 0.656. The molecule has 0 radical (unpaired) electrons. The van der Waals surface area contributed by atoms with Gasteiger partial charge in [0.15, 0.2) is 0 Å². The van der Waals surface area contributed by atoms with Crippen molar-refractivity contribution in [3.8, 4) is 0 Å². The van der Waals surface area contributed by atoms with E-state index in [1.807, 2.05) is 0 Å². The molecule has 12 heavy (non-hydrogen) atoms. The molecule has 1 N–H and O–H groups in total. The van der Waals surface area contributed by atoms with Crippen molar-refractivity contribution in [1.29, 1.82) is 0 Å². The number of hydrogen-bond acceptors (Lipinski definition) is 5. The van der Waals surface area contributed by atoms with Gasteiger partial charge in [0.25, 0.3) is 0 Å². The summed E-state index contributed by atoms with van der Waals surface area (Å²) in [6.07, 6.45) is 0.524. The van der Waals surface area contributed by atoms with Crippen LogP contribution in [-0.4, -0.2) is 23.8 Å². The molecule has 5 nitrogen and oxygen atoms in total. The number of rotatable bonds is 5. The van der Waals surface area contributed by atoms with Gasteiger partial charge in [-0.1, -0.05) is 0 Å². The molecule has 0 aliphatic carbocycles. The Kier molecular flexibility index (Phi) is 6.00. The van der Waals surface area contributed by atoms with Crippen LogP contribution in [0.4, 0.5) is 0 Å². The van der Waals surface area contributed by atoms with E-state index in [1.54, 1.807) is 6.92 Å². The quantitative estimate of drug-likeness (QED) is 0.380. The lowest BCUT2D eigenvalue weighted by Crippen LogP contribution is -2.06. The molecule has 0 heterocycles. The summed E-state index contributed by atoms with van der Waals surface area (Å²) >= 11 is 0. The Morgan fingerprint density at radius 1 is 1.25 bits per heavy atom. The minimum Gasteiger partial charge on any atom is -0.466 e. The number of esters is 1. The summed E-state index contributed by atoms with van der Waals surface area (Å²) in [5, 5.41) is 7.84. The Balaban J connectivity index is 3.30. The topological polar surface area (TPSA) is 72.8 Å². The molecule has 5 heteroatoms. The number of ether oxygens (including phenoxy) is 1. The van der Waals surface area contributed by atoms with Gasteiger partial charge in [0.1, 0.15) is 0 Å². The highest BCUT2D eigenvalue weighted by atomic mass is 17.1. The summed E-state index contributed by atoms with van der Waals surface area (Å²) in [7, 11) is 0. The molecule has 0 spiro atoms. The third kappa shape index (κ3) is 5.67. The molecule has 0 fully saturated rings. The Morgan fingerprint density at radius 2 is 1.83 bits per heavy atom. The Labute approximate surface area is 70.2 Å². The molecule has 0 bridgehead atoms. The molecule has 0 aromatic heterocycles. The van der Waals surface area contributed by atoms with Crippen molar-refractivity contribution < 1.29 is 24.5 Å². The molecular weight excluding hydrogens is 164 g/mol. The average molecular weight is 176 g/mol. The molecule has 0 rings (SSSR count). The zero-order valence-electron chi connectivity index (χ0n) is 6.91. The molecule has 0 saturated heterocycles. The van der Waals surface area contributed by atoms with E-state index in [2.05, 4.69) is 9.62 Å². The number of hydrogen-bond donors (Lipinski definition) is 1. The third-order valence-corrected chi connectivity index (χ3v) is 1.17. The van der Waals surface area contributed by atoms with Gasteiger partial charge < -0.3 is 9.62 Å². The zero-order chi connectivity index (χ0) is 9.40. The number of carbonyl (C=O) groups is 2. The molecule has 0 atom stereocenters. The first kappa shape index (κ1) is 10.9. The van der Waals surface area contributed by atoms with E-state index in [0.29, 0.717) is 13.0 Å². The Morgan fingerprint density at radius 3 is 2.33 bits per heavy atom. The second kappa shape index (κ2) is 6.60. The molecule has 70 valence electrons. The molecule has 0 aliphatic rings. The lowest BCUT2D eigenvalue weighted by molar-refractivity contribution is -0.234. The summed E-state index contributed by atoms with van der Waals surface area (Å²) in [6, 6.07) is 0. The smallest absolute Gasteiger partial charge is 0.342 e. The van der Waals surface area contributed by atoms with Crippen LogP contribution in [0.15, 0.2) is 0 Å². The van der Waals surface area contributed by atoms with Crippen molar-refractivity contribution in [2.24, 2.45) is 0 Å². The van der Waals surface area contributed by atoms with Gasteiger partial charge in [-0.2, -0.15) is 5.26 Å². The SMILES string of the molecule is CCOC(=O)CCCC(=O)OO. The molecule has 0 saturated carbocycles. The Bertz CT molecular complexity index is 154. The van der Waals surface area contributed by atoms with Gasteiger partial charge in [-0.05, 0) is 13.3 Å². The molecule has 0 amide bonds. The van der Waals surface area contributed by atoms with Crippen molar-refractivity contribution in [2.45, 2.75) is 26.2 Å². The molecule has 0 aromatic rings. The lowest BCUT2D eigenvalue weighted by Gasteiger charge is -1.99. The molecule has 0 aliphatic heterocycles. The summed E-state index contributed by atoms with van der Waals surface area (Å²) in [4.78, 5) is 24.4. The first-order valence-corrected chi connectivity index (χ1v) is 3.70. The van der Waals surface area contributed by atoms with Crippen molar-refractivity contribution in [3.05, 3.63) is 0 Å². The van der Waals surface area contributed by atoms with E-state index in [1.165, 1.54) is 0 Å². The van der Waals surface area contributed by atoms with Crippen molar-refractivity contribution in [1.82, 2.24) is 0 Å². The summed E-state index contributed by atoms with van der Waals surface area (Å²) in [5.41, 5.74) is 0. The van der Waals surface area contributed by atoms with E-state index in [-0.39, 0.29) is 18.8 Å². The van der Waals surface area contributed by atoms with E-state index in [4.69, 9.17) is 5.26 Å². The van der Waals surface area contributed by atoms with Crippen LogP contribution in [0.2, 0.25) is 0 Å². The second-order valence-electron chi connectivity index (χ2n) is 2.12. The molecule has 0 aromatic carbocycles. The largest absolute Gasteiger partial charge is 0.466 e. The summed E-state index contributed by atoms with van der Waals surface area (Å²) in [5.74, 6) is -1.08. The highest BCUT2D eigenvalue weighted by Gasteiger charge is 2.05. The van der Waals surface area contributed by atoms with Crippen molar-refractivity contribution in [3.63, 3.8) is 0 Å². The minimum atomic E-state index is -0.737. The van der Waals surface area contributed by atoms with Crippen LogP contribution in [-0.2, 0) is 19.2 Å². The maximum absolute atomic E-state index is 10.7. The third-order valence-electron chi connectivity index (χ3n) is 1.17. The van der Waals surface area contributed by atoms with Crippen LogP contribution in [0.1, 0.15) is 26.2 Å². The van der Waals surface area contributed by atoms with Gasteiger partial charge in [0, 0.05) is 12.8 Å². The lowest BCUT2D eigenvalue weighted by atomic mass is 10.2. The van der Waals surface area contributed by atoms with Crippen LogP contribution in [0.25, 0.3) is 0 Å². The fraction of sp³-hybridized carbons (Fsp3) is 0.714. The fourth-order valence-electron chi connectivity index (χ4n) is 0.656. The normalized spacial score (nSPS) is 9.17. The second-order valence-corrected chi connectivity index (χ2v) is 2.12. The highest BCUT2D eigenvalue weighted by molar-refractivity contribution is 5.72. The van der Waals surface area contributed by atoms with Crippen LogP contribution in [0.5, 0.6) is 0 Å². The molecular formula is C7H12O5. The van der Waals surface area contributed by atoms with Crippen LogP contribution < -0.4 is 0 Å². The van der Waals surface area contributed by atoms with Gasteiger partial charge >= 0.3 is 11.9 Å². The van der Waals surface area contributed by atoms with E-state index >= 15 is 0 Å². The van der Waals surface area contributed by atoms with Gasteiger partial charge in [0.05, 0.1) is 6.61 Å². The first-order chi connectivity index (χ1) is 5.70. The number of carbonyl (C=O) groups excluding carboxylic acids is 2. The molecule has 0 unspecified atom stereocenters. The summed E-state index contributed by atoms with van der Waals surface area (Å²) in [6.45, 7) is 2.04. The van der Waals surface area contributed by atoms with Gasteiger partial charge in [-0.3, -0.25) is 4.79 Å². The van der Waals surface area contributed by atoms with Crippen LogP contribution >= 0.6 is 0 Å².